The number of hydrogen-bond donors (Lipinski definition) is 2. The molecule has 1 aliphatic heterocycles. The molecule has 0 unspecified atom stereocenters. The number of amides is 1. The number of carbonyl (C=O) groups excluding carboxylic acids is 1. The van der Waals surface area contributed by atoms with E-state index in [1.165, 1.54) is 11.3 Å². The largest absolute Gasteiger partial charge is 0.492 e. The van der Waals surface area contributed by atoms with Crippen molar-refractivity contribution in [3.8, 4) is 0 Å². The Kier molecular flexibility index (Phi) is 6.31. The van der Waals surface area contributed by atoms with Crippen molar-refractivity contribution in [2.75, 3.05) is 12.3 Å². The first-order chi connectivity index (χ1) is 13.7. The molecule has 1 aliphatic rings. The predicted octanol–water partition coefficient (Wildman–Crippen LogP) is 3.67. The predicted molar refractivity (Wildman–Crippen MR) is 115 cm³/mol. The van der Waals surface area contributed by atoms with E-state index in [0.717, 1.165) is 15.9 Å². The maximum absolute atomic E-state index is 12.2. The SMILES string of the molecule is CC1(C)OB(C(=Cc2cnc(N)s2)CNC(=O)OCc2ccccc2)OC1(C)C. The van der Waals surface area contributed by atoms with Crippen LogP contribution in [0, 0.1) is 0 Å². The third-order valence-corrected chi connectivity index (χ3v) is 5.85. The first-order valence-corrected chi connectivity index (χ1v) is 10.2. The molecule has 0 saturated carbocycles. The Labute approximate surface area is 175 Å². The van der Waals surface area contributed by atoms with Crippen LogP contribution in [0.15, 0.2) is 42.0 Å². The fourth-order valence-corrected chi connectivity index (χ4v) is 3.36. The Morgan fingerprint density at radius 2 is 1.90 bits per heavy atom. The molecule has 0 atom stereocenters. The number of carbonyl (C=O) groups is 1. The Hall–Kier alpha value is -2.36. The molecule has 1 amide bonds. The topological polar surface area (TPSA) is 95.7 Å². The number of alkyl carbamates (subject to hydrolysis) is 1. The molecular formula is C20H26BN3O4S. The van der Waals surface area contributed by atoms with Crippen LogP contribution in [0.2, 0.25) is 0 Å². The van der Waals surface area contributed by atoms with Gasteiger partial charge in [0.2, 0.25) is 0 Å². The van der Waals surface area contributed by atoms with Gasteiger partial charge >= 0.3 is 13.2 Å². The first-order valence-electron chi connectivity index (χ1n) is 9.38. The lowest BCUT2D eigenvalue weighted by atomic mass is 9.77. The summed E-state index contributed by atoms with van der Waals surface area (Å²) in [5.74, 6) is 0. The fourth-order valence-electron chi connectivity index (χ4n) is 2.70. The molecule has 9 heteroatoms. The summed E-state index contributed by atoms with van der Waals surface area (Å²) in [7, 11) is -0.599. The number of benzene rings is 1. The van der Waals surface area contributed by atoms with Crippen LogP contribution in [0.5, 0.6) is 0 Å². The van der Waals surface area contributed by atoms with Crippen LogP contribution in [0.1, 0.15) is 38.1 Å². The van der Waals surface area contributed by atoms with Gasteiger partial charge in [-0.15, -0.1) is 0 Å². The van der Waals surface area contributed by atoms with Crippen LogP contribution < -0.4 is 11.1 Å². The summed E-state index contributed by atoms with van der Waals surface area (Å²) >= 11 is 1.35. The van der Waals surface area contributed by atoms with Crippen molar-refractivity contribution in [2.45, 2.75) is 45.5 Å². The molecule has 3 rings (SSSR count). The Bertz CT molecular complexity index is 867. The van der Waals surface area contributed by atoms with Gasteiger partial charge in [0.05, 0.1) is 11.2 Å². The highest BCUT2D eigenvalue weighted by atomic mass is 32.1. The quantitative estimate of drug-likeness (QED) is 0.699. The molecule has 7 nitrogen and oxygen atoms in total. The minimum Gasteiger partial charge on any atom is -0.445 e. The van der Waals surface area contributed by atoms with Gasteiger partial charge in [0.15, 0.2) is 5.13 Å². The summed E-state index contributed by atoms with van der Waals surface area (Å²) in [6.07, 6.45) is 3.05. The van der Waals surface area contributed by atoms with Crippen molar-refractivity contribution < 1.29 is 18.8 Å². The van der Waals surface area contributed by atoms with Gasteiger partial charge in [-0.2, -0.15) is 0 Å². The molecule has 1 saturated heterocycles. The van der Waals surface area contributed by atoms with Gasteiger partial charge in [0.25, 0.3) is 0 Å². The molecule has 0 aliphatic carbocycles. The van der Waals surface area contributed by atoms with E-state index in [0.29, 0.717) is 5.13 Å². The van der Waals surface area contributed by atoms with E-state index < -0.39 is 24.4 Å². The van der Waals surface area contributed by atoms with Gasteiger partial charge in [-0.05, 0) is 44.8 Å². The van der Waals surface area contributed by atoms with E-state index in [4.69, 9.17) is 19.8 Å². The van der Waals surface area contributed by atoms with Gasteiger partial charge in [-0.25, -0.2) is 9.78 Å². The lowest BCUT2D eigenvalue weighted by Crippen LogP contribution is -2.41. The number of nitrogens with one attached hydrogen (secondary N) is 1. The van der Waals surface area contributed by atoms with Crippen LogP contribution >= 0.6 is 11.3 Å². The number of aromatic nitrogens is 1. The molecule has 0 radical (unpaired) electrons. The highest BCUT2D eigenvalue weighted by Crippen LogP contribution is 2.39. The van der Waals surface area contributed by atoms with Gasteiger partial charge in [0.1, 0.15) is 6.61 Å². The van der Waals surface area contributed by atoms with Crippen LogP contribution in [-0.2, 0) is 20.7 Å². The second-order valence-electron chi connectivity index (χ2n) is 7.82. The van der Waals surface area contributed by atoms with Crippen LogP contribution in [0.3, 0.4) is 0 Å². The molecule has 0 bridgehead atoms. The van der Waals surface area contributed by atoms with E-state index in [-0.39, 0.29) is 13.2 Å². The Morgan fingerprint density at radius 3 is 2.48 bits per heavy atom. The fraction of sp³-hybridized carbons (Fsp3) is 0.400. The van der Waals surface area contributed by atoms with Gasteiger partial charge in [-0.3, -0.25) is 0 Å². The average molecular weight is 415 g/mol. The summed E-state index contributed by atoms with van der Waals surface area (Å²) in [6.45, 7) is 8.34. The number of nitrogens with zero attached hydrogens (tertiary/aromatic N) is 1. The zero-order valence-electron chi connectivity index (χ0n) is 17.1. The van der Waals surface area contributed by atoms with Crippen molar-refractivity contribution >= 4 is 35.8 Å². The molecule has 154 valence electrons. The molecule has 0 spiro atoms. The number of hydrogen-bond acceptors (Lipinski definition) is 7. The molecule has 1 aromatic heterocycles. The van der Waals surface area contributed by atoms with Gasteiger partial charge < -0.3 is 25.1 Å². The minimum absolute atomic E-state index is 0.202. The molecule has 2 aromatic rings. The van der Waals surface area contributed by atoms with Crippen molar-refractivity contribution in [3.05, 3.63) is 52.4 Å². The second kappa shape index (κ2) is 8.56. The minimum atomic E-state index is -0.599. The zero-order chi connectivity index (χ0) is 21.1. The number of anilines is 1. The summed E-state index contributed by atoms with van der Waals surface area (Å²) in [4.78, 5) is 17.1. The Morgan fingerprint density at radius 1 is 1.24 bits per heavy atom. The summed E-state index contributed by atoms with van der Waals surface area (Å²) in [6, 6.07) is 9.51. The maximum atomic E-state index is 12.2. The first kappa shape index (κ1) is 21.4. The average Bonchev–Trinajstić information content (AvgIpc) is 3.17. The molecule has 29 heavy (non-hydrogen) atoms. The molecule has 1 aromatic carbocycles. The van der Waals surface area contributed by atoms with E-state index in [9.17, 15) is 4.79 Å². The number of nitrogens with two attached hydrogens (primary N) is 1. The second-order valence-corrected chi connectivity index (χ2v) is 8.92. The third kappa shape index (κ3) is 5.38. The number of thiazole rings is 1. The van der Waals surface area contributed by atoms with Crippen molar-refractivity contribution in [1.29, 1.82) is 0 Å². The Balaban J connectivity index is 1.67. The standard InChI is InChI=1S/C20H26BN3O4S/c1-19(2)20(3,4)28-21(27-19)15(10-16-12-23-17(22)29-16)11-24-18(25)26-13-14-8-6-5-7-9-14/h5-10,12H,11,13H2,1-4H3,(H2,22,23)(H,24,25). The van der Waals surface area contributed by atoms with Crippen LogP contribution in [0.25, 0.3) is 6.08 Å². The van der Waals surface area contributed by atoms with Crippen molar-refractivity contribution in [1.82, 2.24) is 10.3 Å². The number of rotatable bonds is 6. The third-order valence-electron chi connectivity index (χ3n) is 5.07. The van der Waals surface area contributed by atoms with E-state index >= 15 is 0 Å². The zero-order valence-corrected chi connectivity index (χ0v) is 17.9. The lowest BCUT2D eigenvalue weighted by Gasteiger charge is -2.32. The highest BCUT2D eigenvalue weighted by molar-refractivity contribution is 7.16. The number of ether oxygens (including phenoxy) is 1. The van der Waals surface area contributed by atoms with Crippen LogP contribution in [0.4, 0.5) is 9.93 Å². The summed E-state index contributed by atoms with van der Waals surface area (Å²) in [5, 5.41) is 3.25. The lowest BCUT2D eigenvalue weighted by molar-refractivity contribution is 0.00578. The molecule has 3 N–H and O–H groups in total. The van der Waals surface area contributed by atoms with Crippen LogP contribution in [-0.4, -0.2) is 35.9 Å². The maximum Gasteiger partial charge on any atom is 0.492 e. The van der Waals surface area contributed by atoms with E-state index in [1.54, 1.807) is 6.20 Å². The number of nitrogen functional groups attached to an aromatic ring is 1. The van der Waals surface area contributed by atoms with Gasteiger partial charge in [-0.1, -0.05) is 41.7 Å². The summed E-state index contributed by atoms with van der Waals surface area (Å²) in [5.41, 5.74) is 6.43. The molecule has 2 heterocycles. The smallest absolute Gasteiger partial charge is 0.445 e. The highest BCUT2D eigenvalue weighted by Gasteiger charge is 2.52. The van der Waals surface area contributed by atoms with E-state index in [2.05, 4.69) is 10.3 Å². The van der Waals surface area contributed by atoms with Crippen molar-refractivity contribution in [2.24, 2.45) is 0 Å². The molecular weight excluding hydrogens is 389 g/mol. The van der Waals surface area contributed by atoms with Gasteiger partial charge in [0, 0.05) is 17.6 Å². The van der Waals surface area contributed by atoms with E-state index in [1.807, 2.05) is 64.1 Å². The van der Waals surface area contributed by atoms with Crippen molar-refractivity contribution in [3.63, 3.8) is 0 Å². The normalized spacial score (nSPS) is 17.9. The molecule has 1 fully saturated rings. The summed E-state index contributed by atoms with van der Waals surface area (Å²) < 4.78 is 17.6. The monoisotopic (exact) mass is 415 g/mol.